The number of thioether (sulfide) groups is 1. The fourth-order valence-electron chi connectivity index (χ4n) is 4.21. The molecule has 3 aromatic rings. The molecule has 2 amide bonds. The van der Waals surface area contributed by atoms with Gasteiger partial charge in [-0.15, -0.1) is 0 Å². The van der Waals surface area contributed by atoms with Gasteiger partial charge in [0.05, 0.1) is 45.2 Å². The van der Waals surface area contributed by atoms with Crippen molar-refractivity contribution in [2.75, 3.05) is 32.8 Å². The first-order valence-electron chi connectivity index (χ1n) is 13.4. The number of hydrogen-bond donors (Lipinski definition) is 1. The largest absolute Gasteiger partial charge is 0.494 e. The van der Waals surface area contributed by atoms with Crippen LogP contribution in [0.2, 0.25) is 0 Å². The summed E-state index contributed by atoms with van der Waals surface area (Å²) in [5.41, 5.74) is 2.36. The molecule has 1 aliphatic rings. The second-order valence-corrected chi connectivity index (χ2v) is 10.3. The van der Waals surface area contributed by atoms with E-state index in [2.05, 4.69) is 5.32 Å². The van der Waals surface area contributed by atoms with Gasteiger partial charge in [0, 0.05) is 12.1 Å². The van der Waals surface area contributed by atoms with Crippen molar-refractivity contribution in [1.29, 1.82) is 0 Å². The van der Waals surface area contributed by atoms with Crippen LogP contribution in [0.1, 0.15) is 36.2 Å². The van der Waals surface area contributed by atoms with Crippen molar-refractivity contribution >= 4 is 46.1 Å². The predicted molar refractivity (Wildman–Crippen MR) is 162 cm³/mol. The van der Waals surface area contributed by atoms with Crippen molar-refractivity contribution in [3.8, 4) is 17.2 Å². The van der Waals surface area contributed by atoms with Crippen LogP contribution in [-0.2, 0) is 20.9 Å². The highest BCUT2D eigenvalue weighted by atomic mass is 32.2. The van der Waals surface area contributed by atoms with Crippen LogP contribution >= 0.6 is 11.8 Å². The van der Waals surface area contributed by atoms with E-state index in [0.29, 0.717) is 46.0 Å². The van der Waals surface area contributed by atoms with Gasteiger partial charge in [0.25, 0.3) is 0 Å². The van der Waals surface area contributed by atoms with Crippen molar-refractivity contribution in [2.24, 2.45) is 4.99 Å². The van der Waals surface area contributed by atoms with Gasteiger partial charge in [-0.1, -0.05) is 17.8 Å². The summed E-state index contributed by atoms with van der Waals surface area (Å²) in [6.45, 7) is 4.68. The van der Waals surface area contributed by atoms with E-state index in [1.807, 2.05) is 13.0 Å². The van der Waals surface area contributed by atoms with Crippen LogP contribution < -0.4 is 19.5 Å². The van der Waals surface area contributed by atoms with E-state index >= 15 is 0 Å². The summed E-state index contributed by atoms with van der Waals surface area (Å²) in [5, 5.41) is 2.62. The normalized spacial score (nSPS) is 15.4. The molecule has 0 spiro atoms. The molecule has 1 N–H and O–H groups in total. The lowest BCUT2D eigenvalue weighted by Crippen LogP contribution is -2.33. The minimum atomic E-state index is -0.676. The lowest BCUT2D eigenvalue weighted by atomic mass is 10.1. The maximum Gasteiger partial charge on any atom is 0.338 e. The Labute approximate surface area is 249 Å². The Hall–Kier alpha value is -4.51. The molecule has 0 aromatic heterocycles. The summed E-state index contributed by atoms with van der Waals surface area (Å²) >= 11 is 1.22. The first kappa shape index (κ1) is 30.4. The van der Waals surface area contributed by atoms with Gasteiger partial charge in [0.2, 0.25) is 11.8 Å². The van der Waals surface area contributed by atoms with Crippen molar-refractivity contribution in [3.63, 3.8) is 0 Å². The van der Waals surface area contributed by atoms with Gasteiger partial charge in [-0.2, -0.15) is 0 Å². The average Bonchev–Trinajstić information content (AvgIpc) is 3.27. The third kappa shape index (κ3) is 7.61. The van der Waals surface area contributed by atoms with Crippen LogP contribution in [0.15, 0.2) is 71.7 Å². The number of hydrogen-bond acceptors (Lipinski definition) is 9. The Morgan fingerprint density at radius 1 is 0.929 bits per heavy atom. The minimum Gasteiger partial charge on any atom is -0.494 e. The monoisotopic (exact) mass is 591 g/mol. The molecule has 42 heavy (non-hydrogen) atoms. The van der Waals surface area contributed by atoms with Crippen molar-refractivity contribution in [1.82, 2.24) is 4.90 Å². The van der Waals surface area contributed by atoms with Gasteiger partial charge in [0.1, 0.15) is 11.0 Å². The molecule has 1 saturated heterocycles. The lowest BCUT2D eigenvalue weighted by molar-refractivity contribution is -0.128. The summed E-state index contributed by atoms with van der Waals surface area (Å²) in [4.78, 5) is 44.8. The molecule has 4 rings (SSSR count). The molecule has 0 unspecified atom stereocenters. The number of aliphatic imine (C=N–C) groups is 1. The summed E-state index contributed by atoms with van der Waals surface area (Å²) < 4.78 is 21.3. The number of esters is 1. The molecular weight excluding hydrogens is 558 g/mol. The molecule has 3 aromatic carbocycles. The number of methoxy groups -OCH3 is 2. The molecule has 1 fully saturated rings. The zero-order valence-electron chi connectivity index (χ0n) is 23.9. The van der Waals surface area contributed by atoms with E-state index in [0.717, 1.165) is 5.56 Å². The molecular formula is C31H33N3O7S. The maximum atomic E-state index is 13.6. The van der Waals surface area contributed by atoms with Crippen molar-refractivity contribution in [3.05, 3.63) is 77.9 Å². The number of anilines is 1. The highest BCUT2D eigenvalue weighted by Crippen LogP contribution is 2.35. The molecule has 1 aliphatic heterocycles. The number of nitrogens with zero attached hydrogens (tertiary/aromatic N) is 2. The van der Waals surface area contributed by atoms with Crippen LogP contribution in [-0.4, -0.2) is 60.5 Å². The van der Waals surface area contributed by atoms with Crippen LogP contribution in [0.3, 0.4) is 0 Å². The van der Waals surface area contributed by atoms with Crippen LogP contribution in [0.5, 0.6) is 17.2 Å². The SMILES string of the molecule is CCOC(=O)c1ccc(N=C2S[C@@H](CC(=O)Nc3ccc(OCC)cc3)C(=O)N2Cc2ccc(OC)c(OC)c2)cc1. The molecule has 11 heteroatoms. The summed E-state index contributed by atoms with van der Waals surface area (Å²) in [6, 6.07) is 19.1. The fraction of sp³-hybridized carbons (Fsp3) is 0.290. The number of amidine groups is 1. The van der Waals surface area contributed by atoms with Crippen molar-refractivity contribution in [2.45, 2.75) is 32.1 Å². The zero-order valence-corrected chi connectivity index (χ0v) is 24.7. The second kappa shape index (κ2) is 14.4. The van der Waals surface area contributed by atoms with Gasteiger partial charge in [-0.05, 0) is 80.1 Å². The van der Waals surface area contributed by atoms with E-state index in [-0.39, 0.29) is 31.4 Å². The first-order chi connectivity index (χ1) is 20.3. The summed E-state index contributed by atoms with van der Waals surface area (Å²) in [5.74, 6) is 0.862. The average molecular weight is 592 g/mol. The highest BCUT2D eigenvalue weighted by Gasteiger charge is 2.39. The number of nitrogens with one attached hydrogen (secondary N) is 1. The fourth-order valence-corrected chi connectivity index (χ4v) is 5.37. The van der Waals surface area contributed by atoms with Crippen LogP contribution in [0, 0.1) is 0 Å². The van der Waals surface area contributed by atoms with Gasteiger partial charge in [-0.25, -0.2) is 9.79 Å². The van der Waals surface area contributed by atoms with Gasteiger partial charge < -0.3 is 24.3 Å². The van der Waals surface area contributed by atoms with Gasteiger partial charge in [0.15, 0.2) is 16.7 Å². The third-order valence-corrected chi connectivity index (χ3v) is 7.41. The van der Waals surface area contributed by atoms with Crippen LogP contribution in [0.4, 0.5) is 11.4 Å². The molecule has 10 nitrogen and oxygen atoms in total. The molecule has 220 valence electrons. The number of ether oxygens (including phenoxy) is 4. The minimum absolute atomic E-state index is 0.0417. The van der Waals surface area contributed by atoms with Crippen molar-refractivity contribution < 1.29 is 33.3 Å². The Bertz CT molecular complexity index is 1440. The summed E-state index contributed by atoms with van der Waals surface area (Å²) in [7, 11) is 3.10. The smallest absolute Gasteiger partial charge is 0.338 e. The van der Waals surface area contributed by atoms with Crippen LogP contribution in [0.25, 0.3) is 0 Å². The van der Waals surface area contributed by atoms with E-state index in [4.69, 9.17) is 23.9 Å². The number of rotatable bonds is 12. The zero-order chi connectivity index (χ0) is 30.1. The Morgan fingerprint density at radius 3 is 2.29 bits per heavy atom. The number of carbonyl (C=O) groups is 3. The molecule has 0 saturated carbocycles. The third-order valence-electron chi connectivity index (χ3n) is 6.23. The van der Waals surface area contributed by atoms with E-state index in [1.165, 1.54) is 11.8 Å². The Morgan fingerprint density at radius 2 is 1.64 bits per heavy atom. The first-order valence-corrected chi connectivity index (χ1v) is 14.3. The van der Waals surface area contributed by atoms with Gasteiger partial charge in [-0.3, -0.25) is 14.5 Å². The Kier molecular flexibility index (Phi) is 10.4. The Balaban J connectivity index is 1.55. The molecule has 1 heterocycles. The lowest BCUT2D eigenvalue weighted by Gasteiger charge is -2.18. The predicted octanol–water partition coefficient (Wildman–Crippen LogP) is 5.44. The van der Waals surface area contributed by atoms with E-state index in [1.54, 1.807) is 86.7 Å². The van der Waals surface area contributed by atoms with E-state index < -0.39 is 11.2 Å². The summed E-state index contributed by atoms with van der Waals surface area (Å²) in [6.07, 6.45) is -0.0417. The second-order valence-electron chi connectivity index (χ2n) is 9.09. The topological polar surface area (TPSA) is 116 Å². The quantitative estimate of drug-likeness (QED) is 0.277. The maximum absolute atomic E-state index is 13.6. The van der Waals surface area contributed by atoms with E-state index in [9.17, 15) is 14.4 Å². The molecule has 1 atom stereocenters. The van der Waals surface area contributed by atoms with Gasteiger partial charge >= 0.3 is 5.97 Å². The number of benzene rings is 3. The number of carbonyl (C=O) groups excluding carboxylic acids is 3. The number of amides is 2. The molecule has 0 bridgehead atoms. The standard InChI is InChI=1S/C31H33N3O7S/c1-5-40-24-14-12-22(13-15-24)32-28(35)18-27-29(36)34(19-20-7-16-25(38-3)26(17-20)39-4)31(42-27)33-23-10-8-21(9-11-23)30(37)41-6-2/h7-17,27H,5-6,18-19H2,1-4H3,(H,32,35)/t27-/m0/s1. The highest BCUT2D eigenvalue weighted by molar-refractivity contribution is 8.15. The molecule has 0 aliphatic carbocycles. The molecule has 0 radical (unpaired) electrons.